The van der Waals surface area contributed by atoms with Gasteiger partial charge in [0.25, 0.3) is 0 Å². The Balaban J connectivity index is 2.78. The van der Waals surface area contributed by atoms with Crippen LogP contribution < -0.4 is 5.32 Å². The first kappa shape index (κ1) is 11.4. The maximum absolute atomic E-state index is 10.8. The van der Waals surface area contributed by atoms with Gasteiger partial charge in [-0.1, -0.05) is 0 Å². The first-order valence-electron chi connectivity index (χ1n) is 3.35. The molecule has 0 bridgehead atoms. The fourth-order valence-electron chi connectivity index (χ4n) is 0.601. The average Bonchev–Trinajstić information content (AvgIpc) is 1.97. The number of rotatable bonds is 3. The molecule has 0 atom stereocenters. The van der Waals surface area contributed by atoms with Crippen molar-refractivity contribution in [1.29, 1.82) is 0 Å². The van der Waals surface area contributed by atoms with Crippen LogP contribution in [0.3, 0.4) is 0 Å². The molecule has 14 heavy (non-hydrogen) atoms. The van der Waals surface area contributed by atoms with Gasteiger partial charge in [-0.25, -0.2) is 8.42 Å². The second-order valence-electron chi connectivity index (χ2n) is 2.44. The van der Waals surface area contributed by atoms with Crippen LogP contribution >= 0.6 is 23.2 Å². The van der Waals surface area contributed by atoms with Crippen LogP contribution in [0.15, 0.2) is 0 Å². The summed E-state index contributed by atoms with van der Waals surface area (Å²) in [6, 6.07) is 0. The average molecular weight is 257 g/mol. The van der Waals surface area contributed by atoms with E-state index in [9.17, 15) is 8.42 Å². The Morgan fingerprint density at radius 2 is 1.71 bits per heavy atom. The molecule has 0 radical (unpaired) electrons. The maximum atomic E-state index is 10.8. The van der Waals surface area contributed by atoms with Crippen molar-refractivity contribution < 1.29 is 8.42 Å². The molecule has 1 N–H and O–H groups in total. The van der Waals surface area contributed by atoms with Gasteiger partial charge >= 0.3 is 0 Å². The Morgan fingerprint density at radius 3 is 2.14 bits per heavy atom. The lowest BCUT2D eigenvalue weighted by Gasteiger charge is -2.02. The molecule has 9 heteroatoms. The molecule has 6 nitrogen and oxygen atoms in total. The monoisotopic (exact) mass is 256 g/mol. The van der Waals surface area contributed by atoms with Gasteiger partial charge in [-0.05, 0) is 23.2 Å². The van der Waals surface area contributed by atoms with Crippen LogP contribution in [0, 0.1) is 0 Å². The summed E-state index contributed by atoms with van der Waals surface area (Å²) in [6.45, 7) is 0. The normalized spacial score (nSPS) is 11.4. The van der Waals surface area contributed by atoms with Crippen LogP contribution in [0.2, 0.25) is 10.6 Å². The van der Waals surface area contributed by atoms with E-state index in [1.165, 1.54) is 0 Å². The molecule has 0 fully saturated rings. The zero-order chi connectivity index (χ0) is 10.8. The van der Waals surface area contributed by atoms with Gasteiger partial charge in [0, 0.05) is 6.26 Å². The highest BCUT2D eigenvalue weighted by atomic mass is 35.5. The lowest BCUT2D eigenvalue weighted by Crippen LogP contribution is -2.14. The molecule has 0 unspecified atom stereocenters. The number of sulfone groups is 1. The highest BCUT2D eigenvalue weighted by Gasteiger charge is 2.05. The molecule has 0 aliphatic heterocycles. The van der Waals surface area contributed by atoms with Crippen LogP contribution in [0.1, 0.15) is 0 Å². The molecule has 0 aromatic carbocycles. The highest BCUT2D eigenvalue weighted by Crippen LogP contribution is 2.09. The molecule has 0 aliphatic carbocycles. The third kappa shape index (κ3) is 4.03. The van der Waals surface area contributed by atoms with E-state index in [0.717, 1.165) is 6.26 Å². The van der Waals surface area contributed by atoms with Crippen molar-refractivity contribution in [2.75, 3.05) is 17.4 Å². The number of nitrogens with zero attached hydrogens (tertiary/aromatic N) is 3. The molecule has 0 spiro atoms. The Labute approximate surface area is 90.6 Å². The molecule has 78 valence electrons. The maximum Gasteiger partial charge on any atom is 0.229 e. The largest absolute Gasteiger partial charge is 0.340 e. The van der Waals surface area contributed by atoms with E-state index in [1.54, 1.807) is 0 Å². The fourth-order valence-corrected chi connectivity index (χ4v) is 1.36. The lowest BCUT2D eigenvalue weighted by atomic mass is 10.9. The predicted octanol–water partition coefficient (Wildman–Crippen LogP) is 0.592. The first-order valence-corrected chi connectivity index (χ1v) is 6.17. The summed E-state index contributed by atoms with van der Waals surface area (Å²) in [5.74, 6) is -0.260. The van der Waals surface area contributed by atoms with Crippen molar-refractivity contribution in [2.45, 2.75) is 0 Å². The van der Waals surface area contributed by atoms with E-state index < -0.39 is 9.84 Å². The number of anilines is 1. The van der Waals surface area contributed by atoms with Crippen molar-refractivity contribution in [3.63, 3.8) is 0 Å². The van der Waals surface area contributed by atoms with Crippen molar-refractivity contribution in [2.24, 2.45) is 0 Å². The van der Waals surface area contributed by atoms with Gasteiger partial charge in [0.1, 0.15) is 5.88 Å². The van der Waals surface area contributed by atoms with Crippen LogP contribution in [-0.2, 0) is 9.84 Å². The SMILES string of the molecule is CS(=O)(=O)CNc1nc(Cl)nc(Cl)n1. The van der Waals surface area contributed by atoms with Gasteiger partial charge in [-0.15, -0.1) is 0 Å². The molecule has 1 heterocycles. The van der Waals surface area contributed by atoms with E-state index in [0.29, 0.717) is 0 Å². The molecule has 0 saturated heterocycles. The highest BCUT2D eigenvalue weighted by molar-refractivity contribution is 7.90. The third-order valence-corrected chi connectivity index (χ3v) is 2.08. The van der Waals surface area contributed by atoms with Crippen molar-refractivity contribution >= 4 is 39.0 Å². The van der Waals surface area contributed by atoms with E-state index >= 15 is 0 Å². The molecular weight excluding hydrogens is 251 g/mol. The number of nitrogens with one attached hydrogen (secondary N) is 1. The minimum absolute atomic E-state index is 0.0282. The van der Waals surface area contributed by atoms with E-state index in [-0.39, 0.29) is 22.4 Å². The molecular formula is C5H6Cl2N4O2S. The minimum atomic E-state index is -3.15. The molecule has 1 aromatic rings. The van der Waals surface area contributed by atoms with Gasteiger partial charge in [0.05, 0.1) is 0 Å². The zero-order valence-electron chi connectivity index (χ0n) is 7.03. The van der Waals surface area contributed by atoms with Crippen LogP contribution in [0.25, 0.3) is 0 Å². The number of aromatic nitrogens is 3. The summed E-state index contributed by atoms with van der Waals surface area (Å²) in [7, 11) is -3.15. The van der Waals surface area contributed by atoms with E-state index in [2.05, 4.69) is 20.3 Å². The van der Waals surface area contributed by atoms with Gasteiger partial charge < -0.3 is 5.32 Å². The number of hydrogen-bond donors (Lipinski definition) is 1. The van der Waals surface area contributed by atoms with Crippen LogP contribution in [0.4, 0.5) is 5.95 Å². The second kappa shape index (κ2) is 4.24. The topological polar surface area (TPSA) is 84.8 Å². The summed E-state index contributed by atoms with van der Waals surface area (Å²) in [5.41, 5.74) is 0. The van der Waals surface area contributed by atoms with Crippen LogP contribution in [0.5, 0.6) is 0 Å². The van der Waals surface area contributed by atoms with Crippen molar-refractivity contribution in [3.05, 3.63) is 10.6 Å². The quantitative estimate of drug-likeness (QED) is 0.853. The van der Waals surface area contributed by atoms with E-state index in [1.807, 2.05) is 0 Å². The van der Waals surface area contributed by atoms with Crippen molar-refractivity contribution in [1.82, 2.24) is 15.0 Å². The Morgan fingerprint density at radius 1 is 1.21 bits per heavy atom. The smallest absolute Gasteiger partial charge is 0.229 e. The molecule has 1 rings (SSSR count). The van der Waals surface area contributed by atoms with Gasteiger partial charge in [0.2, 0.25) is 16.5 Å². The summed E-state index contributed by atoms with van der Waals surface area (Å²) < 4.78 is 21.5. The third-order valence-electron chi connectivity index (χ3n) is 1.07. The van der Waals surface area contributed by atoms with Crippen LogP contribution in [-0.4, -0.2) is 35.5 Å². The standard InChI is InChI=1S/C5H6Cl2N4O2S/c1-14(12,13)2-8-5-10-3(6)9-4(7)11-5/h2H2,1H3,(H,8,9,10,11). The fraction of sp³-hybridized carbons (Fsp3) is 0.400. The predicted molar refractivity (Wildman–Crippen MR) is 53.2 cm³/mol. The van der Waals surface area contributed by atoms with Gasteiger partial charge in [-0.3, -0.25) is 0 Å². The Hall–Kier alpha value is -0.660. The summed E-state index contributed by atoms with van der Waals surface area (Å²) in [4.78, 5) is 10.7. The first-order chi connectivity index (χ1) is 6.37. The molecule has 0 saturated carbocycles. The summed E-state index contributed by atoms with van der Waals surface area (Å²) in [6.07, 6.45) is 1.07. The van der Waals surface area contributed by atoms with Gasteiger partial charge in [0.15, 0.2) is 9.84 Å². The Bertz CT molecular complexity index is 415. The number of halogens is 2. The van der Waals surface area contributed by atoms with Crippen molar-refractivity contribution in [3.8, 4) is 0 Å². The van der Waals surface area contributed by atoms with E-state index in [4.69, 9.17) is 23.2 Å². The lowest BCUT2D eigenvalue weighted by molar-refractivity contribution is 0.603. The second-order valence-corrected chi connectivity index (χ2v) is 5.26. The van der Waals surface area contributed by atoms with Gasteiger partial charge in [-0.2, -0.15) is 15.0 Å². The number of hydrogen-bond acceptors (Lipinski definition) is 6. The summed E-state index contributed by atoms with van der Waals surface area (Å²) >= 11 is 10.9. The Kier molecular flexibility index (Phi) is 3.46. The zero-order valence-corrected chi connectivity index (χ0v) is 9.36. The molecule has 0 amide bonds. The summed E-state index contributed by atoms with van der Waals surface area (Å²) in [5, 5.41) is 2.25. The molecule has 0 aliphatic rings. The minimum Gasteiger partial charge on any atom is -0.340 e. The molecule has 1 aromatic heterocycles.